The number of rotatable bonds is 5. The first-order valence-electron chi connectivity index (χ1n) is 7.25. The molecule has 2 aromatic heterocycles. The van der Waals surface area contributed by atoms with E-state index in [9.17, 15) is 4.79 Å². The lowest BCUT2D eigenvalue weighted by Gasteiger charge is -2.02. The van der Waals surface area contributed by atoms with E-state index >= 15 is 0 Å². The van der Waals surface area contributed by atoms with Crippen molar-refractivity contribution in [1.82, 2.24) is 4.98 Å². The van der Waals surface area contributed by atoms with E-state index < -0.39 is 0 Å². The Labute approximate surface area is 162 Å². The van der Waals surface area contributed by atoms with Gasteiger partial charge in [0.25, 0.3) is 0 Å². The number of thiophene rings is 1. The Morgan fingerprint density at radius 1 is 1.28 bits per heavy atom. The van der Waals surface area contributed by atoms with Gasteiger partial charge in [0.1, 0.15) is 4.34 Å². The predicted molar refractivity (Wildman–Crippen MR) is 104 cm³/mol. The number of aryl methyl sites for hydroxylation is 1. The summed E-state index contributed by atoms with van der Waals surface area (Å²) in [6.45, 7) is 0. The Balaban J connectivity index is 1.58. The molecule has 0 unspecified atom stereocenters. The zero-order chi connectivity index (χ0) is 17.8. The molecule has 0 aliphatic carbocycles. The highest BCUT2D eigenvalue weighted by Crippen LogP contribution is 2.38. The number of nitrogens with one attached hydrogen (secondary N) is 1. The van der Waals surface area contributed by atoms with Crippen molar-refractivity contribution in [2.45, 2.75) is 12.8 Å². The number of nitrogens with zero attached hydrogens (tertiary/aromatic N) is 2. The van der Waals surface area contributed by atoms with Crippen LogP contribution in [0.5, 0.6) is 0 Å². The van der Waals surface area contributed by atoms with Crippen LogP contribution in [-0.2, 0) is 11.2 Å². The molecule has 1 N–H and O–H groups in total. The van der Waals surface area contributed by atoms with Crippen LogP contribution < -0.4 is 5.32 Å². The number of benzene rings is 1. The monoisotopic (exact) mass is 407 g/mol. The number of aromatic nitrogens is 1. The molecule has 3 aromatic rings. The standard InChI is InChI=1S/C17H11Cl2N3OS2/c18-14-7-12(16(19)25-14)13-9-24-17(21-13)22-15(23)6-5-10-1-3-11(8-20)4-2-10/h1-4,7,9H,5-6H2,(H,21,22,23). The molecule has 4 nitrogen and oxygen atoms in total. The number of nitriles is 1. The molecule has 0 saturated heterocycles. The van der Waals surface area contributed by atoms with Crippen LogP contribution in [0.15, 0.2) is 35.7 Å². The van der Waals surface area contributed by atoms with Gasteiger partial charge in [-0.15, -0.1) is 22.7 Å². The third-order valence-corrected chi connectivity index (χ3v) is 5.65. The molecular formula is C17H11Cl2N3OS2. The minimum atomic E-state index is -0.111. The van der Waals surface area contributed by atoms with Gasteiger partial charge in [0.2, 0.25) is 5.91 Å². The lowest BCUT2D eigenvalue weighted by Crippen LogP contribution is -2.12. The molecule has 8 heteroatoms. The van der Waals surface area contributed by atoms with E-state index in [2.05, 4.69) is 16.4 Å². The first-order chi connectivity index (χ1) is 12.0. The average Bonchev–Trinajstić information content (AvgIpc) is 3.19. The normalized spacial score (nSPS) is 10.4. The highest BCUT2D eigenvalue weighted by atomic mass is 35.5. The number of amides is 1. The maximum Gasteiger partial charge on any atom is 0.226 e. The third kappa shape index (κ3) is 4.59. The van der Waals surface area contributed by atoms with Gasteiger partial charge >= 0.3 is 0 Å². The van der Waals surface area contributed by atoms with Gasteiger partial charge in [-0.3, -0.25) is 4.79 Å². The minimum Gasteiger partial charge on any atom is -0.302 e. The molecule has 0 aliphatic rings. The largest absolute Gasteiger partial charge is 0.302 e. The van der Waals surface area contributed by atoms with Crippen molar-refractivity contribution < 1.29 is 4.79 Å². The molecule has 1 aromatic carbocycles. The number of hydrogen-bond acceptors (Lipinski definition) is 5. The Hall–Kier alpha value is -1.91. The van der Waals surface area contributed by atoms with Gasteiger partial charge in [0.15, 0.2) is 5.13 Å². The van der Waals surface area contributed by atoms with Crippen molar-refractivity contribution >= 4 is 56.9 Å². The van der Waals surface area contributed by atoms with E-state index in [0.717, 1.165) is 11.1 Å². The van der Waals surface area contributed by atoms with E-state index in [0.29, 0.717) is 37.9 Å². The van der Waals surface area contributed by atoms with Gasteiger partial charge in [-0.25, -0.2) is 4.98 Å². The van der Waals surface area contributed by atoms with Crippen LogP contribution in [0.25, 0.3) is 11.3 Å². The quantitative estimate of drug-likeness (QED) is 0.596. The number of carbonyl (C=O) groups excluding carboxylic acids is 1. The maximum absolute atomic E-state index is 12.1. The van der Waals surface area contributed by atoms with Crippen molar-refractivity contribution in [3.63, 3.8) is 0 Å². The van der Waals surface area contributed by atoms with Gasteiger partial charge in [-0.05, 0) is 30.2 Å². The molecule has 126 valence electrons. The van der Waals surface area contributed by atoms with Crippen LogP contribution in [0.4, 0.5) is 5.13 Å². The van der Waals surface area contributed by atoms with Crippen molar-refractivity contribution in [3.8, 4) is 17.3 Å². The molecule has 0 radical (unpaired) electrons. The molecule has 0 fully saturated rings. The number of halogens is 2. The SMILES string of the molecule is N#Cc1ccc(CCC(=O)Nc2nc(-c3cc(Cl)sc3Cl)cs2)cc1. The smallest absolute Gasteiger partial charge is 0.226 e. The second-order valence-corrected chi connectivity index (χ2v) is 8.28. The first-order valence-corrected chi connectivity index (χ1v) is 9.70. The zero-order valence-corrected chi connectivity index (χ0v) is 15.9. The Bertz CT molecular complexity index is 942. The zero-order valence-electron chi connectivity index (χ0n) is 12.8. The molecule has 0 aliphatic heterocycles. The van der Waals surface area contributed by atoms with Gasteiger partial charge in [0, 0.05) is 17.4 Å². The predicted octanol–water partition coefficient (Wildman–Crippen LogP) is 5.62. The van der Waals surface area contributed by atoms with Crippen molar-refractivity contribution in [1.29, 1.82) is 5.26 Å². The molecule has 3 rings (SSSR count). The van der Waals surface area contributed by atoms with Crippen LogP contribution >= 0.6 is 45.9 Å². The highest BCUT2D eigenvalue weighted by molar-refractivity contribution is 7.20. The Morgan fingerprint density at radius 3 is 2.68 bits per heavy atom. The van der Waals surface area contributed by atoms with Crippen LogP contribution in [0.1, 0.15) is 17.5 Å². The summed E-state index contributed by atoms with van der Waals surface area (Å²) >= 11 is 14.7. The van der Waals surface area contributed by atoms with E-state index in [1.54, 1.807) is 18.2 Å². The lowest BCUT2D eigenvalue weighted by atomic mass is 10.1. The molecule has 0 bridgehead atoms. The number of carbonyl (C=O) groups is 1. The van der Waals surface area contributed by atoms with Crippen LogP contribution in [0.2, 0.25) is 8.67 Å². The van der Waals surface area contributed by atoms with Gasteiger partial charge in [0.05, 0.1) is 21.7 Å². The van der Waals surface area contributed by atoms with E-state index in [4.69, 9.17) is 28.5 Å². The fraction of sp³-hybridized carbons (Fsp3) is 0.118. The average molecular weight is 408 g/mol. The molecule has 0 spiro atoms. The van der Waals surface area contributed by atoms with Crippen LogP contribution in [0.3, 0.4) is 0 Å². The molecule has 1 amide bonds. The van der Waals surface area contributed by atoms with E-state index in [1.807, 2.05) is 17.5 Å². The van der Waals surface area contributed by atoms with Gasteiger partial charge in [-0.2, -0.15) is 5.26 Å². The molecule has 2 heterocycles. The Kier molecular flexibility index (Phi) is 5.71. The van der Waals surface area contributed by atoms with Gasteiger partial charge in [-0.1, -0.05) is 35.3 Å². The molecule has 0 atom stereocenters. The molecular weight excluding hydrogens is 397 g/mol. The van der Waals surface area contributed by atoms with Crippen LogP contribution in [0, 0.1) is 11.3 Å². The Morgan fingerprint density at radius 2 is 2.04 bits per heavy atom. The van der Waals surface area contributed by atoms with Crippen molar-refractivity contribution in [2.75, 3.05) is 5.32 Å². The number of anilines is 1. The summed E-state index contributed by atoms with van der Waals surface area (Å²) in [6.07, 6.45) is 0.938. The summed E-state index contributed by atoms with van der Waals surface area (Å²) in [7, 11) is 0. The van der Waals surface area contributed by atoms with Gasteiger partial charge < -0.3 is 5.32 Å². The second-order valence-electron chi connectivity index (χ2n) is 5.13. The highest BCUT2D eigenvalue weighted by Gasteiger charge is 2.13. The van der Waals surface area contributed by atoms with E-state index in [1.165, 1.54) is 22.7 Å². The lowest BCUT2D eigenvalue weighted by molar-refractivity contribution is -0.116. The summed E-state index contributed by atoms with van der Waals surface area (Å²) in [6, 6.07) is 11.0. The topological polar surface area (TPSA) is 65.8 Å². The summed E-state index contributed by atoms with van der Waals surface area (Å²) in [5.74, 6) is -0.111. The second kappa shape index (κ2) is 7.98. The fourth-order valence-corrected chi connectivity index (χ4v) is 4.36. The van der Waals surface area contributed by atoms with E-state index in [-0.39, 0.29) is 5.91 Å². The molecule has 0 saturated carbocycles. The van der Waals surface area contributed by atoms with Crippen LogP contribution in [-0.4, -0.2) is 10.9 Å². The third-order valence-electron chi connectivity index (χ3n) is 3.41. The van der Waals surface area contributed by atoms with Crippen molar-refractivity contribution in [3.05, 3.63) is 55.5 Å². The summed E-state index contributed by atoms with van der Waals surface area (Å²) in [4.78, 5) is 16.5. The number of thiazole rings is 1. The summed E-state index contributed by atoms with van der Waals surface area (Å²) < 4.78 is 1.18. The maximum atomic E-state index is 12.1. The summed E-state index contributed by atoms with van der Waals surface area (Å²) in [5, 5.41) is 13.9. The van der Waals surface area contributed by atoms with Crippen molar-refractivity contribution in [2.24, 2.45) is 0 Å². The fourth-order valence-electron chi connectivity index (χ4n) is 2.16. The minimum absolute atomic E-state index is 0.111. The summed E-state index contributed by atoms with van der Waals surface area (Å²) in [5.41, 5.74) is 3.08. The number of hydrogen-bond donors (Lipinski definition) is 1. The molecule has 25 heavy (non-hydrogen) atoms. The first kappa shape index (κ1) is 17.9.